The lowest BCUT2D eigenvalue weighted by Gasteiger charge is -2.25. The molecule has 1 aliphatic carbocycles. The maximum Gasteiger partial charge on any atom is 0.127 e. The molecule has 2 unspecified atom stereocenters. The quantitative estimate of drug-likeness (QED) is 0.600. The fourth-order valence-electron chi connectivity index (χ4n) is 2.05. The highest BCUT2D eigenvalue weighted by Gasteiger charge is 2.32. The van der Waals surface area contributed by atoms with Gasteiger partial charge in [0.2, 0.25) is 0 Å². The number of H-pyrrole nitrogens is 1. The Morgan fingerprint density at radius 2 is 2.07 bits per heavy atom. The first kappa shape index (κ1) is 8.64. The summed E-state index contributed by atoms with van der Waals surface area (Å²) in [4.78, 5) is 7.15. The number of hydrogen-bond acceptors (Lipinski definition) is 3. The van der Waals surface area contributed by atoms with Gasteiger partial charge in [-0.1, -0.05) is 0 Å². The van der Waals surface area contributed by atoms with Crippen LogP contribution in [-0.4, -0.2) is 20.2 Å². The monoisotopic (exact) mass is 202 g/mol. The Balaban J connectivity index is 2.32. The number of nitrogens with zero attached hydrogens (tertiary/aromatic N) is 1. The number of hydrogen-bond donors (Lipinski definition) is 3. The van der Waals surface area contributed by atoms with E-state index in [2.05, 4.69) is 9.97 Å². The summed E-state index contributed by atoms with van der Waals surface area (Å²) in [7, 11) is 0. The van der Waals surface area contributed by atoms with E-state index in [0.717, 1.165) is 16.8 Å². The van der Waals surface area contributed by atoms with E-state index >= 15 is 0 Å². The van der Waals surface area contributed by atoms with Gasteiger partial charge in [-0.05, 0) is 18.2 Å². The topological polar surface area (TPSA) is 69.1 Å². The van der Waals surface area contributed by atoms with Crippen LogP contribution in [0.15, 0.2) is 30.6 Å². The molecule has 0 bridgehead atoms. The Morgan fingerprint density at radius 1 is 1.20 bits per heavy atom. The number of pyridine rings is 1. The number of rotatable bonds is 0. The first-order chi connectivity index (χ1) is 7.29. The lowest BCUT2D eigenvalue weighted by Crippen LogP contribution is -2.17. The van der Waals surface area contributed by atoms with Crippen molar-refractivity contribution in [3.05, 3.63) is 41.9 Å². The van der Waals surface area contributed by atoms with Gasteiger partial charge in [-0.3, -0.25) is 4.98 Å². The summed E-state index contributed by atoms with van der Waals surface area (Å²) in [6.07, 6.45) is 1.53. The standard InChI is InChI=1S/C11H10N2O2/c14-10-7-3-5-13-8(7)6-2-1-4-12-9(6)11(10)15/h1-5,10-11,13-15H. The van der Waals surface area contributed by atoms with Crippen LogP contribution in [0.5, 0.6) is 0 Å². The van der Waals surface area contributed by atoms with Gasteiger partial charge in [-0.25, -0.2) is 0 Å². The predicted molar refractivity (Wildman–Crippen MR) is 53.9 cm³/mol. The van der Waals surface area contributed by atoms with E-state index in [1.807, 2.05) is 12.1 Å². The molecule has 0 saturated heterocycles. The molecule has 3 rings (SSSR count). The van der Waals surface area contributed by atoms with Crippen LogP contribution in [0.25, 0.3) is 11.3 Å². The van der Waals surface area contributed by atoms with Crippen LogP contribution >= 0.6 is 0 Å². The van der Waals surface area contributed by atoms with Gasteiger partial charge in [0, 0.05) is 23.5 Å². The van der Waals surface area contributed by atoms with E-state index in [1.165, 1.54) is 0 Å². The summed E-state index contributed by atoms with van der Waals surface area (Å²) in [5.74, 6) is 0. The van der Waals surface area contributed by atoms with Gasteiger partial charge in [0.25, 0.3) is 0 Å². The number of aliphatic hydroxyl groups excluding tert-OH is 2. The van der Waals surface area contributed by atoms with E-state index in [0.29, 0.717) is 5.69 Å². The smallest absolute Gasteiger partial charge is 0.127 e. The molecule has 4 heteroatoms. The number of nitrogens with one attached hydrogen (secondary N) is 1. The van der Waals surface area contributed by atoms with Crippen LogP contribution in [0, 0.1) is 0 Å². The average molecular weight is 202 g/mol. The fraction of sp³-hybridized carbons (Fsp3) is 0.182. The summed E-state index contributed by atoms with van der Waals surface area (Å²) in [5.41, 5.74) is 2.95. The number of aromatic nitrogens is 2. The second-order valence-electron chi connectivity index (χ2n) is 3.63. The summed E-state index contributed by atoms with van der Waals surface area (Å²) in [6, 6.07) is 5.47. The molecule has 76 valence electrons. The summed E-state index contributed by atoms with van der Waals surface area (Å²) in [6.45, 7) is 0. The molecule has 3 N–H and O–H groups in total. The van der Waals surface area contributed by atoms with Crippen molar-refractivity contribution in [2.45, 2.75) is 12.2 Å². The Hall–Kier alpha value is -1.65. The molecule has 0 radical (unpaired) electrons. The van der Waals surface area contributed by atoms with Crippen LogP contribution in [-0.2, 0) is 0 Å². The molecule has 2 aromatic heterocycles. The van der Waals surface area contributed by atoms with Gasteiger partial charge >= 0.3 is 0 Å². The lowest BCUT2D eigenvalue weighted by molar-refractivity contribution is 0.0132. The molecule has 0 amide bonds. The van der Waals surface area contributed by atoms with Crippen LogP contribution in [0.1, 0.15) is 23.5 Å². The first-order valence-corrected chi connectivity index (χ1v) is 4.77. The van der Waals surface area contributed by atoms with Crippen molar-refractivity contribution in [1.82, 2.24) is 9.97 Å². The van der Waals surface area contributed by atoms with Gasteiger partial charge in [-0.2, -0.15) is 0 Å². The minimum atomic E-state index is -0.940. The zero-order chi connectivity index (χ0) is 10.4. The van der Waals surface area contributed by atoms with Crippen LogP contribution in [0.3, 0.4) is 0 Å². The molecule has 2 atom stereocenters. The van der Waals surface area contributed by atoms with Crippen molar-refractivity contribution in [3.63, 3.8) is 0 Å². The molecule has 2 heterocycles. The van der Waals surface area contributed by atoms with Crippen molar-refractivity contribution < 1.29 is 10.2 Å². The second-order valence-corrected chi connectivity index (χ2v) is 3.63. The molecule has 0 aromatic carbocycles. The van der Waals surface area contributed by atoms with Gasteiger partial charge in [0.15, 0.2) is 0 Å². The van der Waals surface area contributed by atoms with Gasteiger partial charge in [0.1, 0.15) is 12.2 Å². The minimum Gasteiger partial charge on any atom is -0.385 e. The van der Waals surface area contributed by atoms with E-state index < -0.39 is 12.2 Å². The summed E-state index contributed by atoms with van der Waals surface area (Å²) < 4.78 is 0. The Kier molecular flexibility index (Phi) is 1.68. The van der Waals surface area contributed by atoms with Gasteiger partial charge < -0.3 is 15.2 Å². The molecule has 0 fully saturated rings. The minimum absolute atomic E-state index is 0.528. The molecule has 15 heavy (non-hydrogen) atoms. The predicted octanol–water partition coefficient (Wildman–Crippen LogP) is 1.16. The van der Waals surface area contributed by atoms with Crippen LogP contribution in [0.4, 0.5) is 0 Å². The molecule has 0 aliphatic heterocycles. The van der Waals surface area contributed by atoms with Crippen molar-refractivity contribution in [2.24, 2.45) is 0 Å². The van der Waals surface area contributed by atoms with E-state index in [4.69, 9.17) is 0 Å². The number of aromatic amines is 1. The van der Waals surface area contributed by atoms with Crippen LogP contribution < -0.4 is 0 Å². The lowest BCUT2D eigenvalue weighted by atomic mass is 9.90. The average Bonchev–Trinajstić information content (AvgIpc) is 2.75. The highest BCUT2D eigenvalue weighted by atomic mass is 16.3. The number of aliphatic hydroxyl groups is 2. The Bertz CT molecular complexity index is 507. The molecule has 0 spiro atoms. The first-order valence-electron chi connectivity index (χ1n) is 4.77. The summed E-state index contributed by atoms with van der Waals surface area (Å²) in [5, 5.41) is 19.7. The van der Waals surface area contributed by atoms with Crippen molar-refractivity contribution in [3.8, 4) is 11.3 Å². The van der Waals surface area contributed by atoms with Crippen molar-refractivity contribution in [1.29, 1.82) is 0 Å². The molecule has 1 aliphatic rings. The molecular formula is C11H10N2O2. The third-order valence-electron chi connectivity index (χ3n) is 2.78. The Labute approximate surface area is 86.2 Å². The van der Waals surface area contributed by atoms with E-state index in [1.54, 1.807) is 18.5 Å². The zero-order valence-electron chi connectivity index (χ0n) is 7.88. The van der Waals surface area contributed by atoms with Crippen molar-refractivity contribution in [2.75, 3.05) is 0 Å². The SMILES string of the molecule is OC1c2cc[nH]c2-c2cccnc2C1O. The Morgan fingerprint density at radius 3 is 2.93 bits per heavy atom. The molecular weight excluding hydrogens is 192 g/mol. The summed E-state index contributed by atoms with van der Waals surface area (Å²) >= 11 is 0. The third kappa shape index (κ3) is 1.06. The van der Waals surface area contributed by atoms with Gasteiger partial charge in [-0.15, -0.1) is 0 Å². The molecule has 2 aromatic rings. The fourth-order valence-corrected chi connectivity index (χ4v) is 2.05. The molecule has 0 saturated carbocycles. The maximum absolute atomic E-state index is 9.87. The third-order valence-corrected chi connectivity index (χ3v) is 2.78. The van der Waals surface area contributed by atoms with E-state index in [9.17, 15) is 10.2 Å². The van der Waals surface area contributed by atoms with Crippen LogP contribution in [0.2, 0.25) is 0 Å². The zero-order valence-corrected chi connectivity index (χ0v) is 7.88. The largest absolute Gasteiger partial charge is 0.385 e. The second kappa shape index (κ2) is 2.92. The van der Waals surface area contributed by atoms with Crippen molar-refractivity contribution >= 4 is 0 Å². The molecule has 4 nitrogen and oxygen atoms in total. The highest BCUT2D eigenvalue weighted by Crippen LogP contribution is 2.42. The number of fused-ring (bicyclic) bond motifs is 3. The van der Waals surface area contributed by atoms with Gasteiger partial charge in [0.05, 0.1) is 11.4 Å². The van der Waals surface area contributed by atoms with E-state index in [-0.39, 0.29) is 0 Å². The highest BCUT2D eigenvalue weighted by molar-refractivity contribution is 5.69. The maximum atomic E-state index is 9.87. The normalized spacial score (nSPS) is 23.3.